The molecule has 3 atom stereocenters. The maximum atomic E-state index is 13.9. The van der Waals surface area contributed by atoms with Crippen molar-refractivity contribution in [1.82, 2.24) is 4.90 Å². The molecule has 0 aromatic heterocycles. The van der Waals surface area contributed by atoms with Crippen molar-refractivity contribution in [2.45, 2.75) is 38.1 Å². The lowest BCUT2D eigenvalue weighted by Gasteiger charge is -2.30. The van der Waals surface area contributed by atoms with Crippen molar-refractivity contribution in [3.8, 4) is 17.2 Å². The van der Waals surface area contributed by atoms with Gasteiger partial charge >= 0.3 is 5.97 Å². The van der Waals surface area contributed by atoms with Gasteiger partial charge in [-0.05, 0) is 53.9 Å². The average Bonchev–Trinajstić information content (AvgIpc) is 3.60. The summed E-state index contributed by atoms with van der Waals surface area (Å²) in [6, 6.07) is 22.3. The number of carbonyl (C=O) groups is 2. The van der Waals surface area contributed by atoms with Crippen LogP contribution in [0, 0.1) is 5.92 Å². The fourth-order valence-electron chi connectivity index (χ4n) is 5.86. The number of carbonyl (C=O) groups excluding carboxylic acids is 1. The molecule has 3 aromatic carbocycles. The minimum absolute atomic E-state index is 0.0451. The molecule has 3 aromatic rings. The Morgan fingerprint density at radius 1 is 0.975 bits per heavy atom. The lowest BCUT2D eigenvalue weighted by Crippen LogP contribution is -2.41. The third-order valence-corrected chi connectivity index (χ3v) is 7.86. The van der Waals surface area contributed by atoms with E-state index in [0.717, 1.165) is 36.1 Å². The van der Waals surface area contributed by atoms with Gasteiger partial charge in [-0.25, -0.2) is 0 Å². The van der Waals surface area contributed by atoms with Gasteiger partial charge in [0.1, 0.15) is 5.75 Å². The van der Waals surface area contributed by atoms with E-state index in [9.17, 15) is 14.7 Å². The first-order valence-electron chi connectivity index (χ1n) is 13.9. The van der Waals surface area contributed by atoms with E-state index in [1.165, 1.54) is 0 Å². The number of ether oxygens (including phenoxy) is 3. The topological polar surface area (TPSA) is 88.5 Å². The number of carboxylic acid groups (broad SMARTS) is 1. The van der Waals surface area contributed by atoms with Gasteiger partial charge in [-0.15, -0.1) is 0 Å². The molecule has 8 nitrogen and oxygen atoms in total. The van der Waals surface area contributed by atoms with Crippen molar-refractivity contribution < 1.29 is 28.9 Å². The molecule has 0 aliphatic carbocycles. The number of methoxy groups -OCH3 is 1. The van der Waals surface area contributed by atoms with Gasteiger partial charge in [-0.1, -0.05) is 56.2 Å². The minimum atomic E-state index is -0.902. The third kappa shape index (κ3) is 5.77. The Balaban J connectivity index is 1.49. The van der Waals surface area contributed by atoms with Crippen molar-refractivity contribution in [3.05, 3.63) is 83.9 Å². The van der Waals surface area contributed by atoms with E-state index in [2.05, 4.69) is 6.92 Å². The van der Waals surface area contributed by atoms with Crippen LogP contribution in [0.2, 0.25) is 0 Å². The van der Waals surface area contributed by atoms with Crippen molar-refractivity contribution in [3.63, 3.8) is 0 Å². The molecule has 1 saturated heterocycles. The molecule has 1 N–H and O–H groups in total. The number of carboxylic acids is 1. The number of hydrogen-bond donors (Lipinski definition) is 1. The fourth-order valence-corrected chi connectivity index (χ4v) is 5.86. The van der Waals surface area contributed by atoms with Crippen molar-refractivity contribution in [2.24, 2.45) is 5.92 Å². The van der Waals surface area contributed by atoms with E-state index >= 15 is 0 Å². The van der Waals surface area contributed by atoms with E-state index in [0.29, 0.717) is 30.3 Å². The number of benzene rings is 3. The highest BCUT2D eigenvalue weighted by Gasteiger charge is 2.48. The first kappa shape index (κ1) is 27.5. The van der Waals surface area contributed by atoms with Crippen molar-refractivity contribution >= 4 is 17.6 Å². The Bertz CT molecular complexity index is 1310. The van der Waals surface area contributed by atoms with Gasteiger partial charge in [0.15, 0.2) is 11.5 Å². The quantitative estimate of drug-likeness (QED) is 0.320. The first-order chi connectivity index (χ1) is 19.5. The standard InChI is InChI=1S/C32H36N2O6/c1-3-4-8-17-34(24-9-6-5-7-10-24)29(35)20-33-19-26(23-13-16-27-28(18-23)40-21-39-27)30(32(36)37)31(33)22-11-14-25(38-2)15-12-22/h5-7,9-16,18,26,30-31H,3-4,8,17,19-21H2,1-2H3,(H,36,37). The summed E-state index contributed by atoms with van der Waals surface area (Å²) in [4.78, 5) is 30.7. The summed E-state index contributed by atoms with van der Waals surface area (Å²) in [5.74, 6) is -0.113. The molecule has 1 amide bonds. The molecule has 8 heteroatoms. The molecule has 3 unspecified atom stereocenters. The summed E-state index contributed by atoms with van der Waals surface area (Å²) in [6.07, 6.45) is 2.98. The number of anilines is 1. The van der Waals surface area contributed by atoms with E-state index in [1.807, 2.05) is 82.6 Å². The SMILES string of the molecule is CCCCCN(C(=O)CN1CC(c2ccc3c(c2)OCO3)C(C(=O)O)C1c1ccc(OC)cc1)c1ccccc1. The molecule has 0 radical (unpaired) electrons. The number of para-hydroxylation sites is 1. The largest absolute Gasteiger partial charge is 0.497 e. The summed E-state index contributed by atoms with van der Waals surface area (Å²) in [6.45, 7) is 3.42. The van der Waals surface area contributed by atoms with Crippen LogP contribution in [0.15, 0.2) is 72.8 Å². The molecule has 5 rings (SSSR count). The maximum absolute atomic E-state index is 13.9. The van der Waals surface area contributed by atoms with Gasteiger partial charge in [0, 0.05) is 30.7 Å². The summed E-state index contributed by atoms with van der Waals surface area (Å²) in [5, 5.41) is 10.6. The van der Waals surface area contributed by atoms with Crippen LogP contribution in [0.1, 0.15) is 49.3 Å². The Morgan fingerprint density at radius 2 is 1.70 bits per heavy atom. The van der Waals surface area contributed by atoms with E-state index in [-0.39, 0.29) is 25.2 Å². The summed E-state index contributed by atoms with van der Waals surface area (Å²) in [5.41, 5.74) is 2.54. The van der Waals surface area contributed by atoms with Crippen LogP contribution in [0.5, 0.6) is 17.2 Å². The van der Waals surface area contributed by atoms with Crippen molar-refractivity contribution in [1.29, 1.82) is 0 Å². The van der Waals surface area contributed by atoms with Gasteiger partial charge in [0.25, 0.3) is 0 Å². The van der Waals surface area contributed by atoms with Gasteiger partial charge in [0.05, 0.1) is 19.6 Å². The number of fused-ring (bicyclic) bond motifs is 1. The number of aliphatic carboxylic acids is 1. The second kappa shape index (κ2) is 12.4. The van der Waals surface area contributed by atoms with Crippen LogP contribution in [0.4, 0.5) is 5.69 Å². The predicted octanol–water partition coefficient (Wildman–Crippen LogP) is 5.49. The molecule has 2 aliphatic heterocycles. The molecular formula is C32H36N2O6. The lowest BCUT2D eigenvalue weighted by molar-refractivity contribution is -0.143. The van der Waals surface area contributed by atoms with E-state index in [1.54, 1.807) is 7.11 Å². The normalized spacial score (nSPS) is 19.9. The van der Waals surface area contributed by atoms with Crippen LogP contribution in [0.3, 0.4) is 0 Å². The predicted molar refractivity (Wildman–Crippen MR) is 152 cm³/mol. The highest BCUT2D eigenvalue weighted by Crippen LogP contribution is 2.47. The first-order valence-corrected chi connectivity index (χ1v) is 13.9. The Kier molecular flexibility index (Phi) is 8.55. The Hall–Kier alpha value is -4.04. The Labute approximate surface area is 235 Å². The number of unbranched alkanes of at least 4 members (excludes halogenated alkanes) is 2. The van der Waals surface area contributed by atoms with Gasteiger partial charge in [-0.2, -0.15) is 0 Å². The number of amides is 1. The van der Waals surface area contributed by atoms with Crippen LogP contribution in [-0.4, -0.2) is 55.4 Å². The number of hydrogen-bond acceptors (Lipinski definition) is 6. The fraction of sp³-hybridized carbons (Fsp3) is 0.375. The van der Waals surface area contributed by atoms with Gasteiger partial charge in [0.2, 0.25) is 12.7 Å². The number of rotatable bonds is 11. The van der Waals surface area contributed by atoms with Crippen LogP contribution in [-0.2, 0) is 9.59 Å². The summed E-state index contributed by atoms with van der Waals surface area (Å²) in [7, 11) is 1.60. The summed E-state index contributed by atoms with van der Waals surface area (Å²) >= 11 is 0. The summed E-state index contributed by atoms with van der Waals surface area (Å²) < 4.78 is 16.4. The zero-order chi connectivity index (χ0) is 28.1. The molecule has 2 heterocycles. The second-order valence-electron chi connectivity index (χ2n) is 10.3. The minimum Gasteiger partial charge on any atom is -0.497 e. The van der Waals surface area contributed by atoms with Gasteiger partial charge in [-0.3, -0.25) is 14.5 Å². The molecule has 0 bridgehead atoms. The third-order valence-electron chi connectivity index (χ3n) is 7.86. The molecule has 0 saturated carbocycles. The Morgan fingerprint density at radius 3 is 2.40 bits per heavy atom. The number of likely N-dealkylation sites (tertiary alicyclic amines) is 1. The average molecular weight is 545 g/mol. The molecule has 40 heavy (non-hydrogen) atoms. The van der Waals surface area contributed by atoms with Crippen LogP contribution >= 0.6 is 0 Å². The smallest absolute Gasteiger partial charge is 0.309 e. The molecule has 1 fully saturated rings. The molecule has 210 valence electrons. The molecule has 0 spiro atoms. The lowest BCUT2D eigenvalue weighted by atomic mass is 9.82. The molecular weight excluding hydrogens is 508 g/mol. The zero-order valence-corrected chi connectivity index (χ0v) is 23.0. The maximum Gasteiger partial charge on any atom is 0.309 e. The number of nitrogens with zero attached hydrogens (tertiary/aromatic N) is 2. The van der Waals surface area contributed by atoms with Crippen molar-refractivity contribution in [2.75, 3.05) is 38.4 Å². The van der Waals surface area contributed by atoms with Gasteiger partial charge < -0.3 is 24.2 Å². The monoisotopic (exact) mass is 544 g/mol. The second-order valence-corrected chi connectivity index (χ2v) is 10.3. The van der Waals surface area contributed by atoms with Crippen LogP contribution in [0.25, 0.3) is 0 Å². The van der Waals surface area contributed by atoms with E-state index < -0.39 is 17.9 Å². The zero-order valence-electron chi connectivity index (χ0n) is 23.0. The highest BCUT2D eigenvalue weighted by molar-refractivity contribution is 5.95. The highest BCUT2D eigenvalue weighted by atomic mass is 16.7. The van der Waals surface area contributed by atoms with E-state index in [4.69, 9.17) is 14.2 Å². The molecule has 2 aliphatic rings. The van der Waals surface area contributed by atoms with Crippen LogP contribution < -0.4 is 19.1 Å².